The summed E-state index contributed by atoms with van der Waals surface area (Å²) in [4.78, 5) is 18.8. The molecule has 1 aromatic rings. The molecule has 2 rings (SSSR count). The number of anilines is 1. The molecule has 0 amide bonds. The van der Waals surface area contributed by atoms with Crippen LogP contribution in [-0.4, -0.2) is 44.4 Å². The van der Waals surface area contributed by atoms with Crippen LogP contribution >= 0.6 is 11.3 Å². The quantitative estimate of drug-likeness (QED) is 0.782. The summed E-state index contributed by atoms with van der Waals surface area (Å²) in [7, 11) is 3.35. The lowest BCUT2D eigenvalue weighted by molar-refractivity contribution is 0.0594. The number of thiazole rings is 1. The topological polar surface area (TPSA) is 51.7 Å². The standard InChI is InChI=1S/C12H18N2O3S/c1-8-10(11(15)16-3)13-12(18-8)14(2)7-9-5-4-6-17-9/h9H,4-7H2,1-3H3. The Kier molecular flexibility index (Phi) is 4.19. The zero-order valence-electron chi connectivity index (χ0n) is 10.9. The number of carbonyl (C=O) groups is 1. The van der Waals surface area contributed by atoms with E-state index in [1.54, 1.807) is 0 Å². The zero-order valence-corrected chi connectivity index (χ0v) is 11.7. The van der Waals surface area contributed by atoms with Crippen molar-refractivity contribution in [2.24, 2.45) is 0 Å². The Morgan fingerprint density at radius 1 is 1.67 bits per heavy atom. The van der Waals surface area contributed by atoms with Gasteiger partial charge in [0.1, 0.15) is 0 Å². The van der Waals surface area contributed by atoms with Crippen LogP contribution < -0.4 is 4.90 Å². The Bertz CT molecular complexity index is 427. The van der Waals surface area contributed by atoms with E-state index in [0.717, 1.165) is 36.0 Å². The monoisotopic (exact) mass is 270 g/mol. The van der Waals surface area contributed by atoms with Gasteiger partial charge in [0.15, 0.2) is 10.8 Å². The lowest BCUT2D eigenvalue weighted by Crippen LogP contribution is -2.28. The molecule has 6 heteroatoms. The molecule has 0 bridgehead atoms. The predicted molar refractivity (Wildman–Crippen MR) is 70.4 cm³/mol. The highest BCUT2D eigenvalue weighted by Crippen LogP contribution is 2.26. The highest BCUT2D eigenvalue weighted by Gasteiger charge is 2.21. The van der Waals surface area contributed by atoms with Gasteiger partial charge in [-0.05, 0) is 19.8 Å². The summed E-state index contributed by atoms with van der Waals surface area (Å²) < 4.78 is 10.3. The molecule has 0 spiro atoms. The van der Waals surface area contributed by atoms with Crippen molar-refractivity contribution in [3.63, 3.8) is 0 Å². The van der Waals surface area contributed by atoms with Crippen molar-refractivity contribution >= 4 is 22.4 Å². The zero-order chi connectivity index (χ0) is 13.1. The van der Waals surface area contributed by atoms with Crippen molar-refractivity contribution in [2.45, 2.75) is 25.9 Å². The van der Waals surface area contributed by atoms with Gasteiger partial charge in [0.25, 0.3) is 0 Å². The van der Waals surface area contributed by atoms with Crippen LogP contribution in [0.25, 0.3) is 0 Å². The first kappa shape index (κ1) is 13.3. The Morgan fingerprint density at radius 2 is 2.44 bits per heavy atom. The van der Waals surface area contributed by atoms with Gasteiger partial charge < -0.3 is 14.4 Å². The van der Waals surface area contributed by atoms with E-state index in [1.807, 2.05) is 18.9 Å². The van der Waals surface area contributed by atoms with Crippen molar-refractivity contribution < 1.29 is 14.3 Å². The van der Waals surface area contributed by atoms with E-state index < -0.39 is 0 Å². The molecule has 0 saturated carbocycles. The van der Waals surface area contributed by atoms with Crippen LogP contribution in [0, 0.1) is 6.92 Å². The van der Waals surface area contributed by atoms with Gasteiger partial charge in [0.2, 0.25) is 0 Å². The average molecular weight is 270 g/mol. The number of rotatable bonds is 4. The number of nitrogens with zero attached hydrogens (tertiary/aromatic N) is 2. The number of aryl methyl sites for hydroxylation is 1. The van der Waals surface area contributed by atoms with Gasteiger partial charge in [-0.2, -0.15) is 0 Å². The van der Waals surface area contributed by atoms with E-state index in [9.17, 15) is 4.79 Å². The van der Waals surface area contributed by atoms with Gasteiger partial charge in [-0.25, -0.2) is 9.78 Å². The summed E-state index contributed by atoms with van der Waals surface area (Å²) in [6.45, 7) is 3.55. The third-order valence-electron chi connectivity index (χ3n) is 2.99. The van der Waals surface area contributed by atoms with Crippen LogP contribution in [0.15, 0.2) is 0 Å². The highest BCUT2D eigenvalue weighted by atomic mass is 32.1. The van der Waals surface area contributed by atoms with Crippen LogP contribution in [0.3, 0.4) is 0 Å². The molecule has 18 heavy (non-hydrogen) atoms. The maximum Gasteiger partial charge on any atom is 0.357 e. The summed E-state index contributed by atoms with van der Waals surface area (Å²) in [5, 5.41) is 0.836. The van der Waals surface area contributed by atoms with Crippen molar-refractivity contribution in [1.29, 1.82) is 0 Å². The number of aromatic nitrogens is 1. The number of methoxy groups -OCH3 is 1. The fourth-order valence-corrected chi connectivity index (χ4v) is 2.87. The summed E-state index contributed by atoms with van der Waals surface area (Å²) in [6.07, 6.45) is 2.50. The van der Waals surface area contributed by atoms with Gasteiger partial charge in [0, 0.05) is 25.1 Å². The lowest BCUT2D eigenvalue weighted by atomic mass is 10.2. The number of ether oxygens (including phenoxy) is 2. The fraction of sp³-hybridized carbons (Fsp3) is 0.667. The number of hydrogen-bond acceptors (Lipinski definition) is 6. The Hall–Kier alpha value is -1.14. The molecule has 1 aromatic heterocycles. The number of hydrogen-bond donors (Lipinski definition) is 0. The Labute approximate surface area is 111 Å². The van der Waals surface area contributed by atoms with Gasteiger partial charge in [0.05, 0.1) is 13.2 Å². The molecule has 1 atom stereocenters. The molecular weight excluding hydrogens is 252 g/mol. The van der Waals surface area contributed by atoms with Crippen LogP contribution in [-0.2, 0) is 9.47 Å². The third-order valence-corrected chi connectivity index (χ3v) is 4.08. The molecule has 5 nitrogen and oxygen atoms in total. The molecule has 1 unspecified atom stereocenters. The normalized spacial score (nSPS) is 18.9. The average Bonchev–Trinajstić information content (AvgIpc) is 2.97. The molecule has 100 valence electrons. The summed E-state index contributed by atoms with van der Waals surface area (Å²) in [5.74, 6) is -0.375. The minimum atomic E-state index is -0.375. The first-order valence-corrected chi connectivity index (χ1v) is 6.82. The van der Waals surface area contributed by atoms with Gasteiger partial charge >= 0.3 is 5.97 Å². The van der Waals surface area contributed by atoms with E-state index in [4.69, 9.17) is 9.47 Å². The molecule has 2 heterocycles. The van der Waals surface area contributed by atoms with Crippen molar-refractivity contribution in [3.05, 3.63) is 10.6 Å². The number of esters is 1. The second-order valence-corrected chi connectivity index (χ2v) is 5.59. The second-order valence-electron chi connectivity index (χ2n) is 4.41. The van der Waals surface area contributed by atoms with Crippen LogP contribution in [0.5, 0.6) is 0 Å². The molecule has 1 saturated heterocycles. The van der Waals surface area contributed by atoms with E-state index in [0.29, 0.717) is 5.69 Å². The summed E-state index contributed by atoms with van der Waals surface area (Å²) in [5.41, 5.74) is 0.414. The minimum absolute atomic E-state index is 0.279. The molecule has 0 radical (unpaired) electrons. The van der Waals surface area contributed by atoms with Gasteiger partial charge in [-0.15, -0.1) is 11.3 Å². The molecule has 1 aliphatic rings. The molecular formula is C12H18N2O3S. The highest BCUT2D eigenvalue weighted by molar-refractivity contribution is 7.15. The van der Waals surface area contributed by atoms with Crippen molar-refractivity contribution in [3.8, 4) is 0 Å². The minimum Gasteiger partial charge on any atom is -0.464 e. The van der Waals surface area contributed by atoms with Crippen molar-refractivity contribution in [1.82, 2.24) is 4.98 Å². The Balaban J connectivity index is 2.05. The SMILES string of the molecule is COC(=O)c1nc(N(C)CC2CCCO2)sc1C. The first-order valence-electron chi connectivity index (χ1n) is 6.00. The largest absolute Gasteiger partial charge is 0.464 e. The van der Waals surface area contributed by atoms with Crippen LogP contribution in [0.4, 0.5) is 5.13 Å². The second kappa shape index (κ2) is 5.67. The third kappa shape index (κ3) is 2.81. The van der Waals surface area contributed by atoms with E-state index in [1.165, 1.54) is 18.4 Å². The fourth-order valence-electron chi connectivity index (χ4n) is 2.00. The summed E-state index contributed by atoms with van der Waals surface area (Å²) in [6, 6.07) is 0. The lowest BCUT2D eigenvalue weighted by Gasteiger charge is -2.19. The maximum atomic E-state index is 11.5. The van der Waals surface area contributed by atoms with Gasteiger partial charge in [-0.1, -0.05) is 0 Å². The Morgan fingerprint density at radius 3 is 3.06 bits per heavy atom. The smallest absolute Gasteiger partial charge is 0.357 e. The molecule has 1 fully saturated rings. The summed E-state index contributed by atoms with van der Waals surface area (Å²) >= 11 is 1.51. The van der Waals surface area contributed by atoms with Crippen LogP contribution in [0.1, 0.15) is 28.2 Å². The molecule has 0 N–H and O–H groups in total. The van der Waals surface area contributed by atoms with Crippen molar-refractivity contribution in [2.75, 3.05) is 32.2 Å². The van der Waals surface area contributed by atoms with E-state index >= 15 is 0 Å². The van der Waals surface area contributed by atoms with E-state index in [2.05, 4.69) is 4.98 Å². The first-order chi connectivity index (χ1) is 8.61. The maximum absolute atomic E-state index is 11.5. The van der Waals surface area contributed by atoms with E-state index in [-0.39, 0.29) is 12.1 Å². The number of carbonyl (C=O) groups excluding carboxylic acids is 1. The number of likely N-dealkylation sites (N-methyl/N-ethyl adjacent to an activating group) is 1. The molecule has 0 aliphatic carbocycles. The predicted octanol–water partition coefficient (Wildman–Crippen LogP) is 1.85. The molecule has 1 aliphatic heterocycles. The van der Waals surface area contributed by atoms with Crippen LogP contribution in [0.2, 0.25) is 0 Å². The molecule has 0 aromatic carbocycles. The van der Waals surface area contributed by atoms with Gasteiger partial charge in [-0.3, -0.25) is 0 Å².